The number of anilines is 1. The van der Waals surface area contributed by atoms with Crippen LogP contribution in [0.3, 0.4) is 0 Å². The van der Waals surface area contributed by atoms with Gasteiger partial charge in [0.1, 0.15) is 5.69 Å². The molecular formula is C17H19BrN4O3S. The molecule has 138 valence electrons. The quantitative estimate of drug-likeness (QED) is 0.636. The fraction of sp³-hybridized carbons (Fsp3) is 0.294. The van der Waals surface area contributed by atoms with E-state index in [2.05, 4.69) is 25.6 Å². The van der Waals surface area contributed by atoms with Crippen molar-refractivity contribution < 1.29 is 13.2 Å². The molecule has 0 bridgehead atoms. The van der Waals surface area contributed by atoms with Gasteiger partial charge in [0.15, 0.2) is 0 Å². The van der Waals surface area contributed by atoms with Crippen molar-refractivity contribution in [3.8, 4) is 11.9 Å². The third-order valence-electron chi connectivity index (χ3n) is 3.32. The van der Waals surface area contributed by atoms with E-state index in [-0.39, 0.29) is 22.0 Å². The van der Waals surface area contributed by atoms with Gasteiger partial charge in [0.2, 0.25) is 5.88 Å². The number of aromatic nitrogens is 1. The number of benzene rings is 1. The van der Waals surface area contributed by atoms with Gasteiger partial charge in [-0.2, -0.15) is 5.26 Å². The molecular weight excluding hydrogens is 420 g/mol. The number of nitrogens with one attached hydrogen (secondary N) is 1. The van der Waals surface area contributed by atoms with Crippen molar-refractivity contribution in [3.63, 3.8) is 0 Å². The molecule has 0 fully saturated rings. The Bertz CT molecular complexity index is 910. The maximum absolute atomic E-state index is 12.6. The van der Waals surface area contributed by atoms with E-state index in [1.54, 1.807) is 12.1 Å². The second-order valence-electron chi connectivity index (χ2n) is 5.76. The fourth-order valence-electron chi connectivity index (χ4n) is 2.10. The van der Waals surface area contributed by atoms with Crippen LogP contribution in [0.2, 0.25) is 0 Å². The summed E-state index contributed by atoms with van der Waals surface area (Å²) in [6.45, 7) is 1.25. The first kappa shape index (κ1) is 20.2. The van der Waals surface area contributed by atoms with Gasteiger partial charge in [-0.3, -0.25) is 4.72 Å². The van der Waals surface area contributed by atoms with Crippen LogP contribution >= 0.6 is 15.9 Å². The monoisotopic (exact) mass is 438 g/mol. The van der Waals surface area contributed by atoms with Crippen LogP contribution in [0.15, 0.2) is 45.9 Å². The predicted molar refractivity (Wildman–Crippen MR) is 103 cm³/mol. The molecule has 9 heteroatoms. The Morgan fingerprint density at radius 1 is 1.35 bits per heavy atom. The molecule has 2 aromatic rings. The van der Waals surface area contributed by atoms with Crippen molar-refractivity contribution in [1.29, 1.82) is 5.26 Å². The standard InChI is InChI=1S/C17H19BrN4O3S/c1-22(2)7-4-8-25-17-16(10-14(18)12-20-17)21-26(23,24)15-6-3-5-13(9-15)11-19/h3,5-6,9-10,12,21H,4,7-8H2,1-2H3. The first-order valence-corrected chi connectivity index (χ1v) is 10.1. The van der Waals surface area contributed by atoms with Gasteiger partial charge in [-0.15, -0.1) is 0 Å². The third-order valence-corrected chi connectivity index (χ3v) is 5.12. The lowest BCUT2D eigenvalue weighted by molar-refractivity contribution is 0.274. The molecule has 1 N–H and O–H groups in total. The van der Waals surface area contributed by atoms with E-state index in [1.807, 2.05) is 25.1 Å². The van der Waals surface area contributed by atoms with Gasteiger partial charge >= 0.3 is 0 Å². The number of hydrogen-bond donors (Lipinski definition) is 1. The smallest absolute Gasteiger partial charge is 0.262 e. The summed E-state index contributed by atoms with van der Waals surface area (Å²) in [5.41, 5.74) is 0.493. The summed E-state index contributed by atoms with van der Waals surface area (Å²) in [6, 6.07) is 9.30. The van der Waals surface area contributed by atoms with Crippen LogP contribution in [0.1, 0.15) is 12.0 Å². The largest absolute Gasteiger partial charge is 0.476 e. The zero-order valence-electron chi connectivity index (χ0n) is 14.4. The minimum Gasteiger partial charge on any atom is -0.476 e. The fourth-order valence-corrected chi connectivity index (χ4v) is 3.53. The number of pyridine rings is 1. The number of nitriles is 1. The first-order chi connectivity index (χ1) is 12.3. The number of ether oxygens (including phenoxy) is 1. The normalized spacial score (nSPS) is 11.2. The molecule has 0 amide bonds. The molecule has 1 aromatic carbocycles. The van der Waals surface area contributed by atoms with Crippen LogP contribution in [0.25, 0.3) is 0 Å². The molecule has 26 heavy (non-hydrogen) atoms. The summed E-state index contributed by atoms with van der Waals surface area (Å²) in [7, 11) is 0.0508. The van der Waals surface area contributed by atoms with Crippen LogP contribution in [0.4, 0.5) is 5.69 Å². The van der Waals surface area contributed by atoms with Crippen molar-refractivity contribution in [2.24, 2.45) is 0 Å². The zero-order valence-corrected chi connectivity index (χ0v) is 16.8. The lowest BCUT2D eigenvalue weighted by atomic mass is 10.2. The molecule has 0 aliphatic carbocycles. The van der Waals surface area contributed by atoms with E-state index >= 15 is 0 Å². The number of nitrogens with zero attached hydrogens (tertiary/aromatic N) is 3. The lowest BCUT2D eigenvalue weighted by Gasteiger charge is -2.14. The van der Waals surface area contributed by atoms with E-state index in [9.17, 15) is 8.42 Å². The highest BCUT2D eigenvalue weighted by Gasteiger charge is 2.18. The summed E-state index contributed by atoms with van der Waals surface area (Å²) in [5.74, 6) is 0.201. The molecule has 2 rings (SSSR count). The molecule has 0 aliphatic heterocycles. The highest BCUT2D eigenvalue weighted by atomic mass is 79.9. The van der Waals surface area contributed by atoms with E-state index in [4.69, 9.17) is 10.00 Å². The van der Waals surface area contributed by atoms with Crippen molar-refractivity contribution in [2.75, 3.05) is 32.0 Å². The minimum atomic E-state index is -3.88. The first-order valence-electron chi connectivity index (χ1n) is 7.78. The molecule has 0 radical (unpaired) electrons. The average molecular weight is 439 g/mol. The SMILES string of the molecule is CN(C)CCCOc1ncc(Br)cc1NS(=O)(=O)c1cccc(C#N)c1. The predicted octanol–water partition coefficient (Wildman–Crippen LogP) is 2.85. The highest BCUT2D eigenvalue weighted by Crippen LogP contribution is 2.28. The zero-order chi connectivity index (χ0) is 19.2. The topological polar surface area (TPSA) is 95.3 Å². The molecule has 0 saturated heterocycles. The molecule has 0 saturated carbocycles. The minimum absolute atomic E-state index is 0.00455. The van der Waals surface area contributed by atoms with E-state index in [1.165, 1.54) is 24.4 Å². The second-order valence-corrected chi connectivity index (χ2v) is 8.35. The van der Waals surface area contributed by atoms with E-state index in [0.717, 1.165) is 13.0 Å². The maximum atomic E-state index is 12.6. The van der Waals surface area contributed by atoms with E-state index in [0.29, 0.717) is 11.1 Å². The van der Waals surface area contributed by atoms with Crippen molar-refractivity contribution in [1.82, 2.24) is 9.88 Å². The van der Waals surface area contributed by atoms with Gasteiger partial charge in [0.25, 0.3) is 10.0 Å². The summed E-state index contributed by atoms with van der Waals surface area (Å²) >= 11 is 3.28. The molecule has 0 spiro atoms. The van der Waals surface area contributed by atoms with Gasteiger partial charge in [0, 0.05) is 17.2 Å². The molecule has 7 nitrogen and oxygen atoms in total. The Balaban J connectivity index is 2.21. The average Bonchev–Trinajstić information content (AvgIpc) is 2.60. The second kappa shape index (κ2) is 8.98. The van der Waals surface area contributed by atoms with Crippen molar-refractivity contribution >= 4 is 31.6 Å². The number of rotatable bonds is 8. The van der Waals surface area contributed by atoms with Gasteiger partial charge in [-0.25, -0.2) is 13.4 Å². The number of hydrogen-bond acceptors (Lipinski definition) is 6. The van der Waals surface area contributed by atoms with Crippen LogP contribution in [0.5, 0.6) is 5.88 Å². The summed E-state index contributed by atoms with van der Waals surface area (Å²) < 4.78 is 34.0. The number of halogens is 1. The van der Waals surface area contributed by atoms with Crippen LogP contribution in [-0.4, -0.2) is 45.5 Å². The molecule has 1 aromatic heterocycles. The summed E-state index contributed by atoms with van der Waals surface area (Å²) in [6.07, 6.45) is 2.32. The van der Waals surface area contributed by atoms with Crippen LogP contribution in [-0.2, 0) is 10.0 Å². The highest BCUT2D eigenvalue weighted by molar-refractivity contribution is 9.10. The van der Waals surface area contributed by atoms with Crippen molar-refractivity contribution in [3.05, 3.63) is 46.6 Å². The maximum Gasteiger partial charge on any atom is 0.262 e. The van der Waals surface area contributed by atoms with E-state index < -0.39 is 10.0 Å². The Kier molecular flexibility index (Phi) is 6.97. The van der Waals surface area contributed by atoms with Gasteiger partial charge in [-0.1, -0.05) is 6.07 Å². The summed E-state index contributed by atoms with van der Waals surface area (Å²) in [4.78, 5) is 6.17. The molecule has 0 aliphatic rings. The van der Waals surface area contributed by atoms with Crippen molar-refractivity contribution in [2.45, 2.75) is 11.3 Å². The molecule has 0 unspecified atom stereocenters. The molecule has 0 atom stereocenters. The Morgan fingerprint density at radius 2 is 2.12 bits per heavy atom. The van der Waals surface area contributed by atoms with Gasteiger partial charge in [0.05, 0.1) is 23.1 Å². The lowest BCUT2D eigenvalue weighted by Crippen LogP contribution is -2.17. The van der Waals surface area contributed by atoms with Crippen LogP contribution < -0.4 is 9.46 Å². The van der Waals surface area contributed by atoms with Gasteiger partial charge in [-0.05, 0) is 60.7 Å². The summed E-state index contributed by atoms with van der Waals surface area (Å²) in [5, 5.41) is 8.95. The Hall–Kier alpha value is -2.15. The third kappa shape index (κ3) is 5.69. The number of sulfonamides is 1. The Labute approximate surface area is 161 Å². The van der Waals surface area contributed by atoms with Crippen LogP contribution in [0, 0.1) is 11.3 Å². The van der Waals surface area contributed by atoms with Gasteiger partial charge < -0.3 is 9.64 Å². The molecule has 1 heterocycles. The Morgan fingerprint density at radius 3 is 2.81 bits per heavy atom.